The summed E-state index contributed by atoms with van der Waals surface area (Å²) < 4.78 is 6.17. The zero-order valence-electron chi connectivity index (χ0n) is 14.5. The van der Waals surface area contributed by atoms with E-state index in [4.69, 9.17) is 4.42 Å². The van der Waals surface area contributed by atoms with E-state index in [9.17, 15) is 14.7 Å². The van der Waals surface area contributed by atoms with Crippen molar-refractivity contribution >= 4 is 28.3 Å². The highest BCUT2D eigenvalue weighted by Gasteiger charge is 2.44. The van der Waals surface area contributed by atoms with E-state index in [2.05, 4.69) is 24.4 Å². The first-order valence-corrected chi connectivity index (χ1v) is 9.84. The van der Waals surface area contributed by atoms with Crippen molar-refractivity contribution in [3.05, 3.63) is 67.7 Å². The predicted molar refractivity (Wildman–Crippen MR) is 102 cm³/mol. The maximum atomic E-state index is 13.1. The van der Waals surface area contributed by atoms with Gasteiger partial charge in [0.2, 0.25) is 0 Å². The van der Waals surface area contributed by atoms with Gasteiger partial charge in [-0.1, -0.05) is 19.4 Å². The molecule has 1 N–H and O–H groups in total. The first-order chi connectivity index (χ1) is 12.6. The molecule has 1 saturated carbocycles. The summed E-state index contributed by atoms with van der Waals surface area (Å²) in [7, 11) is 0. The molecule has 4 rings (SSSR count). The summed E-state index contributed by atoms with van der Waals surface area (Å²) in [6, 6.07) is 8.73. The van der Waals surface area contributed by atoms with Gasteiger partial charge in [-0.2, -0.15) is 0 Å². The highest BCUT2D eigenvalue weighted by molar-refractivity contribution is 7.10. The van der Waals surface area contributed by atoms with Gasteiger partial charge in [-0.3, -0.25) is 4.79 Å². The second kappa shape index (κ2) is 6.72. The van der Waals surface area contributed by atoms with Crippen molar-refractivity contribution in [1.29, 1.82) is 0 Å². The van der Waals surface area contributed by atoms with Gasteiger partial charge in [0, 0.05) is 22.3 Å². The molecule has 0 radical (unpaired) electrons. The van der Waals surface area contributed by atoms with Gasteiger partial charge >= 0.3 is 5.97 Å². The Bertz CT molecular complexity index is 1020. The minimum atomic E-state index is -1.04. The topological polar surface area (TPSA) is 67.5 Å². The van der Waals surface area contributed by atoms with Crippen LogP contribution in [-0.4, -0.2) is 11.1 Å². The van der Waals surface area contributed by atoms with E-state index < -0.39 is 5.97 Å². The van der Waals surface area contributed by atoms with Crippen LogP contribution in [0.3, 0.4) is 0 Å². The number of unbranched alkanes of at least 4 members (excludes halogenated alkanes) is 1. The van der Waals surface area contributed by atoms with Crippen LogP contribution < -0.4 is 5.43 Å². The third-order valence-electron chi connectivity index (χ3n) is 5.08. The van der Waals surface area contributed by atoms with Crippen molar-refractivity contribution in [3.63, 3.8) is 0 Å². The lowest BCUT2D eigenvalue weighted by Gasteiger charge is -2.10. The highest BCUT2D eigenvalue weighted by atomic mass is 32.1. The largest absolute Gasteiger partial charge is 0.478 e. The number of aromatic carboxylic acids is 1. The van der Waals surface area contributed by atoms with E-state index in [-0.39, 0.29) is 16.9 Å². The molecule has 0 bridgehead atoms. The van der Waals surface area contributed by atoms with Crippen LogP contribution in [0.15, 0.2) is 44.9 Å². The first kappa shape index (κ1) is 17.0. The normalized spacial score (nSPS) is 19.0. The van der Waals surface area contributed by atoms with Gasteiger partial charge in [-0.25, -0.2) is 4.79 Å². The van der Waals surface area contributed by atoms with Crippen molar-refractivity contribution < 1.29 is 14.3 Å². The summed E-state index contributed by atoms with van der Waals surface area (Å²) in [4.78, 5) is 25.7. The smallest absolute Gasteiger partial charge is 0.335 e. The van der Waals surface area contributed by atoms with E-state index >= 15 is 0 Å². The Balaban J connectivity index is 1.82. The first-order valence-electron chi connectivity index (χ1n) is 8.96. The van der Waals surface area contributed by atoms with E-state index in [0.717, 1.165) is 30.6 Å². The standard InChI is InChI=1S/C21H20O4S/c1-2-3-5-13-19(22)16-10-12(21(23)24)7-8-17(16)25-20(13)15-11-14(15)18-6-4-9-26-18/h4,6-10,14-15H,2-3,5,11H2,1H3,(H,23,24). The number of carboxylic acids is 1. The van der Waals surface area contributed by atoms with Crippen molar-refractivity contribution in [1.82, 2.24) is 0 Å². The quantitative estimate of drug-likeness (QED) is 0.652. The molecular formula is C21H20O4S. The van der Waals surface area contributed by atoms with Crippen LogP contribution in [0.2, 0.25) is 0 Å². The Hall–Kier alpha value is -2.40. The molecule has 26 heavy (non-hydrogen) atoms. The summed E-state index contributed by atoms with van der Waals surface area (Å²) in [5, 5.41) is 11.7. The van der Waals surface area contributed by atoms with E-state index in [1.165, 1.54) is 17.0 Å². The number of rotatable bonds is 6. The molecule has 2 atom stereocenters. The molecule has 1 aliphatic carbocycles. The number of benzene rings is 1. The van der Waals surface area contributed by atoms with Crippen molar-refractivity contribution in [2.45, 2.75) is 44.4 Å². The van der Waals surface area contributed by atoms with Crippen LogP contribution in [0.1, 0.15) is 64.6 Å². The second-order valence-electron chi connectivity index (χ2n) is 6.86. The van der Waals surface area contributed by atoms with E-state index in [1.807, 2.05) is 0 Å². The second-order valence-corrected chi connectivity index (χ2v) is 7.84. The number of hydrogen-bond donors (Lipinski definition) is 1. The Morgan fingerprint density at radius 2 is 2.15 bits per heavy atom. The number of fused-ring (bicyclic) bond motifs is 1. The number of carbonyl (C=O) groups is 1. The monoisotopic (exact) mass is 368 g/mol. The molecule has 0 aliphatic heterocycles. The van der Waals surface area contributed by atoms with Crippen LogP contribution in [-0.2, 0) is 6.42 Å². The van der Waals surface area contributed by atoms with Crippen molar-refractivity contribution in [3.8, 4) is 0 Å². The van der Waals surface area contributed by atoms with Crippen LogP contribution in [0, 0.1) is 0 Å². The highest BCUT2D eigenvalue weighted by Crippen LogP contribution is 2.56. The molecule has 0 amide bonds. The summed E-state index contributed by atoms with van der Waals surface area (Å²) >= 11 is 1.74. The van der Waals surface area contributed by atoms with Crippen LogP contribution in [0.4, 0.5) is 0 Å². The zero-order chi connectivity index (χ0) is 18.3. The summed E-state index contributed by atoms with van der Waals surface area (Å²) in [5.74, 6) is 0.439. The number of hydrogen-bond acceptors (Lipinski definition) is 4. The fraction of sp³-hybridized carbons (Fsp3) is 0.333. The van der Waals surface area contributed by atoms with Gasteiger partial charge in [0.15, 0.2) is 5.43 Å². The van der Waals surface area contributed by atoms with Crippen molar-refractivity contribution in [2.24, 2.45) is 0 Å². The Morgan fingerprint density at radius 1 is 1.31 bits per heavy atom. The molecule has 0 saturated heterocycles. The lowest BCUT2D eigenvalue weighted by molar-refractivity contribution is 0.0697. The van der Waals surface area contributed by atoms with Crippen molar-refractivity contribution in [2.75, 3.05) is 0 Å². The van der Waals surface area contributed by atoms with Gasteiger partial charge in [0.05, 0.1) is 10.9 Å². The maximum absolute atomic E-state index is 13.1. The number of carboxylic acid groups (broad SMARTS) is 1. The molecule has 2 unspecified atom stereocenters. The molecule has 5 heteroatoms. The minimum absolute atomic E-state index is 0.0744. The summed E-state index contributed by atoms with van der Waals surface area (Å²) in [6.45, 7) is 2.09. The average Bonchev–Trinajstić information content (AvgIpc) is 3.24. The maximum Gasteiger partial charge on any atom is 0.335 e. The Morgan fingerprint density at radius 3 is 2.85 bits per heavy atom. The number of thiophene rings is 1. The molecule has 0 spiro atoms. The van der Waals surface area contributed by atoms with Gasteiger partial charge in [0.25, 0.3) is 0 Å². The summed E-state index contributed by atoms with van der Waals surface area (Å²) in [6.07, 6.45) is 3.58. The van der Waals surface area contributed by atoms with E-state index in [0.29, 0.717) is 23.3 Å². The van der Waals surface area contributed by atoms with Gasteiger partial charge in [0.1, 0.15) is 11.3 Å². The molecule has 2 aromatic heterocycles. The molecular weight excluding hydrogens is 348 g/mol. The lowest BCUT2D eigenvalue weighted by atomic mass is 10.0. The van der Waals surface area contributed by atoms with Crippen LogP contribution in [0.5, 0.6) is 0 Å². The van der Waals surface area contributed by atoms with Crippen LogP contribution >= 0.6 is 11.3 Å². The van der Waals surface area contributed by atoms with Gasteiger partial charge < -0.3 is 9.52 Å². The molecule has 2 heterocycles. The zero-order valence-corrected chi connectivity index (χ0v) is 15.3. The molecule has 134 valence electrons. The van der Waals surface area contributed by atoms with Gasteiger partial charge in [-0.05, 0) is 48.9 Å². The third kappa shape index (κ3) is 2.97. The fourth-order valence-corrected chi connectivity index (χ4v) is 4.48. The predicted octanol–water partition coefficient (Wildman–Crippen LogP) is 5.17. The molecule has 1 aromatic carbocycles. The van der Waals surface area contributed by atoms with Gasteiger partial charge in [-0.15, -0.1) is 11.3 Å². The average molecular weight is 368 g/mol. The fourth-order valence-electron chi connectivity index (χ4n) is 3.58. The summed E-state index contributed by atoms with van der Waals surface area (Å²) in [5.41, 5.74) is 1.24. The molecule has 4 nitrogen and oxygen atoms in total. The van der Waals surface area contributed by atoms with E-state index in [1.54, 1.807) is 17.4 Å². The lowest BCUT2D eigenvalue weighted by Crippen LogP contribution is -2.13. The minimum Gasteiger partial charge on any atom is -0.478 e. The third-order valence-corrected chi connectivity index (χ3v) is 6.08. The Kier molecular flexibility index (Phi) is 4.41. The molecule has 1 aliphatic rings. The molecule has 1 fully saturated rings. The Labute approximate surface area is 155 Å². The van der Waals surface area contributed by atoms with Crippen LogP contribution in [0.25, 0.3) is 11.0 Å². The SMILES string of the molecule is CCCCc1c(C2CC2c2cccs2)oc2ccc(C(=O)O)cc2c1=O. The molecule has 3 aromatic rings.